The molecule has 1 aliphatic rings. The van der Waals surface area contributed by atoms with Crippen molar-refractivity contribution in [3.05, 3.63) is 28.8 Å². The van der Waals surface area contributed by atoms with Crippen LogP contribution in [-0.2, 0) is 0 Å². The van der Waals surface area contributed by atoms with Gasteiger partial charge in [-0.2, -0.15) is 0 Å². The molecule has 0 bridgehead atoms. The minimum atomic E-state index is 0.111. The van der Waals surface area contributed by atoms with Crippen molar-refractivity contribution in [1.82, 2.24) is 0 Å². The fourth-order valence-corrected chi connectivity index (χ4v) is 1.82. The van der Waals surface area contributed by atoms with Crippen LogP contribution >= 0.6 is 0 Å². The average molecular weight is 218 g/mol. The van der Waals surface area contributed by atoms with Gasteiger partial charge in [0.2, 0.25) is 0 Å². The molecule has 0 aliphatic heterocycles. The molecule has 3 nitrogen and oxygen atoms in total. The lowest BCUT2D eigenvalue weighted by Crippen LogP contribution is -2.12. The number of aryl methyl sites for hydroxylation is 2. The number of nitrogen functional groups attached to an aromatic ring is 1. The van der Waals surface area contributed by atoms with E-state index >= 15 is 0 Å². The SMILES string of the molecule is Cc1cc(C(=N)N)cc(C)c1OCC1CC1. The van der Waals surface area contributed by atoms with Gasteiger partial charge in [-0.05, 0) is 55.9 Å². The first-order chi connectivity index (χ1) is 7.58. The molecule has 3 N–H and O–H groups in total. The minimum Gasteiger partial charge on any atom is -0.493 e. The van der Waals surface area contributed by atoms with E-state index in [-0.39, 0.29) is 5.84 Å². The second-order valence-corrected chi connectivity index (χ2v) is 4.61. The topological polar surface area (TPSA) is 59.1 Å². The highest BCUT2D eigenvalue weighted by molar-refractivity contribution is 5.95. The Balaban J connectivity index is 2.19. The van der Waals surface area contributed by atoms with Crippen LogP contribution in [0.2, 0.25) is 0 Å². The average Bonchev–Trinajstić information content (AvgIpc) is 2.99. The van der Waals surface area contributed by atoms with E-state index in [0.717, 1.165) is 35.0 Å². The number of nitrogens with two attached hydrogens (primary N) is 1. The van der Waals surface area contributed by atoms with Gasteiger partial charge < -0.3 is 10.5 Å². The van der Waals surface area contributed by atoms with Gasteiger partial charge >= 0.3 is 0 Å². The highest BCUT2D eigenvalue weighted by Gasteiger charge is 2.22. The predicted octanol–water partition coefficient (Wildman–Crippen LogP) is 2.38. The van der Waals surface area contributed by atoms with Gasteiger partial charge in [0.15, 0.2) is 0 Å². The monoisotopic (exact) mass is 218 g/mol. The van der Waals surface area contributed by atoms with Gasteiger partial charge in [-0.25, -0.2) is 0 Å². The maximum atomic E-state index is 7.42. The van der Waals surface area contributed by atoms with Crippen molar-refractivity contribution in [2.45, 2.75) is 26.7 Å². The van der Waals surface area contributed by atoms with E-state index in [9.17, 15) is 0 Å². The highest BCUT2D eigenvalue weighted by atomic mass is 16.5. The molecule has 1 aromatic carbocycles. The molecule has 0 amide bonds. The van der Waals surface area contributed by atoms with Gasteiger partial charge in [0, 0.05) is 5.56 Å². The van der Waals surface area contributed by atoms with Crippen molar-refractivity contribution >= 4 is 5.84 Å². The summed E-state index contributed by atoms with van der Waals surface area (Å²) in [5, 5.41) is 7.42. The number of hydrogen-bond acceptors (Lipinski definition) is 2. The Morgan fingerprint density at radius 1 is 1.38 bits per heavy atom. The number of hydrogen-bond donors (Lipinski definition) is 2. The Bertz CT molecular complexity index is 399. The number of rotatable bonds is 4. The molecular formula is C13H18N2O. The fraction of sp³-hybridized carbons (Fsp3) is 0.462. The van der Waals surface area contributed by atoms with Crippen molar-refractivity contribution in [2.24, 2.45) is 11.7 Å². The van der Waals surface area contributed by atoms with Crippen LogP contribution in [0.4, 0.5) is 0 Å². The van der Waals surface area contributed by atoms with E-state index in [2.05, 4.69) is 0 Å². The maximum Gasteiger partial charge on any atom is 0.125 e. The lowest BCUT2D eigenvalue weighted by molar-refractivity contribution is 0.296. The summed E-state index contributed by atoms with van der Waals surface area (Å²) in [4.78, 5) is 0. The molecule has 0 heterocycles. The van der Waals surface area contributed by atoms with E-state index in [1.165, 1.54) is 12.8 Å². The molecule has 0 unspecified atom stereocenters. The molecule has 86 valence electrons. The molecule has 2 rings (SSSR count). The summed E-state index contributed by atoms with van der Waals surface area (Å²) >= 11 is 0. The Kier molecular flexibility index (Phi) is 2.86. The van der Waals surface area contributed by atoms with Crippen LogP contribution in [0.3, 0.4) is 0 Å². The van der Waals surface area contributed by atoms with Gasteiger partial charge in [-0.1, -0.05) is 0 Å². The van der Waals surface area contributed by atoms with Crippen LogP contribution in [0.5, 0.6) is 5.75 Å². The van der Waals surface area contributed by atoms with Crippen LogP contribution in [-0.4, -0.2) is 12.4 Å². The Morgan fingerprint density at radius 2 is 1.94 bits per heavy atom. The van der Waals surface area contributed by atoms with Crippen LogP contribution in [0, 0.1) is 25.2 Å². The van der Waals surface area contributed by atoms with E-state index in [4.69, 9.17) is 15.9 Å². The standard InChI is InChI=1S/C13H18N2O/c1-8-5-11(13(14)15)6-9(2)12(8)16-7-10-3-4-10/h5-6,10H,3-4,7H2,1-2H3,(H3,14,15). The molecule has 1 aromatic rings. The van der Waals surface area contributed by atoms with E-state index in [0.29, 0.717) is 0 Å². The van der Waals surface area contributed by atoms with Crippen molar-refractivity contribution in [1.29, 1.82) is 5.41 Å². The van der Waals surface area contributed by atoms with Gasteiger partial charge in [0.1, 0.15) is 11.6 Å². The summed E-state index contributed by atoms with van der Waals surface area (Å²) in [7, 11) is 0. The van der Waals surface area contributed by atoms with Gasteiger partial charge in [0.05, 0.1) is 6.61 Å². The fourth-order valence-electron chi connectivity index (χ4n) is 1.82. The normalized spacial score (nSPS) is 14.9. The number of nitrogens with one attached hydrogen (secondary N) is 1. The van der Waals surface area contributed by atoms with Gasteiger partial charge in [-0.15, -0.1) is 0 Å². The van der Waals surface area contributed by atoms with E-state index < -0.39 is 0 Å². The number of amidine groups is 1. The molecule has 1 saturated carbocycles. The summed E-state index contributed by atoms with van der Waals surface area (Å²) in [6, 6.07) is 3.83. The van der Waals surface area contributed by atoms with Crippen LogP contribution in [0.15, 0.2) is 12.1 Å². The summed E-state index contributed by atoms with van der Waals surface area (Å²) in [5.74, 6) is 1.82. The van der Waals surface area contributed by atoms with Crippen molar-refractivity contribution < 1.29 is 4.74 Å². The van der Waals surface area contributed by atoms with Crippen molar-refractivity contribution in [3.8, 4) is 5.75 Å². The smallest absolute Gasteiger partial charge is 0.125 e. The third-order valence-electron chi connectivity index (χ3n) is 2.93. The molecule has 0 atom stereocenters. The van der Waals surface area contributed by atoms with Crippen LogP contribution in [0.1, 0.15) is 29.5 Å². The Labute approximate surface area is 96.1 Å². The Morgan fingerprint density at radius 3 is 2.38 bits per heavy atom. The van der Waals surface area contributed by atoms with Crippen molar-refractivity contribution in [3.63, 3.8) is 0 Å². The first-order valence-electron chi connectivity index (χ1n) is 5.66. The molecular weight excluding hydrogens is 200 g/mol. The Hall–Kier alpha value is -1.51. The van der Waals surface area contributed by atoms with Gasteiger partial charge in [0.25, 0.3) is 0 Å². The summed E-state index contributed by atoms with van der Waals surface area (Å²) in [6.07, 6.45) is 2.59. The first kappa shape index (κ1) is 11.0. The first-order valence-corrected chi connectivity index (χ1v) is 5.66. The molecule has 0 spiro atoms. The highest BCUT2D eigenvalue weighted by Crippen LogP contribution is 2.31. The van der Waals surface area contributed by atoms with E-state index in [1.54, 1.807) is 0 Å². The quantitative estimate of drug-likeness (QED) is 0.602. The third kappa shape index (κ3) is 2.35. The predicted molar refractivity (Wildman–Crippen MR) is 65.2 cm³/mol. The zero-order chi connectivity index (χ0) is 11.7. The molecule has 0 saturated heterocycles. The lowest BCUT2D eigenvalue weighted by Gasteiger charge is -2.13. The van der Waals surface area contributed by atoms with Crippen LogP contribution < -0.4 is 10.5 Å². The summed E-state index contributed by atoms with van der Waals surface area (Å²) < 4.78 is 5.81. The summed E-state index contributed by atoms with van der Waals surface area (Å²) in [5.41, 5.74) is 8.37. The number of ether oxygens (including phenoxy) is 1. The zero-order valence-electron chi connectivity index (χ0n) is 9.84. The lowest BCUT2D eigenvalue weighted by atomic mass is 10.1. The van der Waals surface area contributed by atoms with E-state index in [1.807, 2.05) is 26.0 Å². The molecule has 0 aromatic heterocycles. The van der Waals surface area contributed by atoms with Crippen molar-refractivity contribution in [2.75, 3.05) is 6.61 Å². The third-order valence-corrected chi connectivity index (χ3v) is 2.93. The summed E-state index contributed by atoms with van der Waals surface area (Å²) in [6.45, 7) is 4.82. The number of benzene rings is 1. The second-order valence-electron chi connectivity index (χ2n) is 4.61. The molecule has 16 heavy (non-hydrogen) atoms. The second kappa shape index (κ2) is 4.16. The van der Waals surface area contributed by atoms with Gasteiger partial charge in [-0.3, -0.25) is 5.41 Å². The zero-order valence-corrected chi connectivity index (χ0v) is 9.84. The molecule has 1 aliphatic carbocycles. The molecule has 0 radical (unpaired) electrons. The van der Waals surface area contributed by atoms with Crippen LogP contribution in [0.25, 0.3) is 0 Å². The molecule has 3 heteroatoms. The minimum absolute atomic E-state index is 0.111. The largest absolute Gasteiger partial charge is 0.493 e. The maximum absolute atomic E-state index is 7.42. The molecule has 1 fully saturated rings.